The minimum atomic E-state index is -0.589. The van der Waals surface area contributed by atoms with Crippen molar-refractivity contribution >= 4 is 40.6 Å². The summed E-state index contributed by atoms with van der Waals surface area (Å²) in [7, 11) is 0. The number of carbonyl (C=O) groups excluding carboxylic acids is 2. The monoisotopic (exact) mass is 575 g/mol. The van der Waals surface area contributed by atoms with E-state index in [1.54, 1.807) is 42.5 Å². The van der Waals surface area contributed by atoms with Crippen molar-refractivity contribution in [2.75, 3.05) is 10.6 Å². The van der Waals surface area contributed by atoms with Gasteiger partial charge in [0.15, 0.2) is 0 Å². The summed E-state index contributed by atoms with van der Waals surface area (Å²) in [5.74, 6) is 0.683. The van der Waals surface area contributed by atoms with E-state index in [-0.39, 0.29) is 17.2 Å². The molecule has 8 nitrogen and oxygen atoms in total. The molecule has 2 N–H and O–H groups in total. The maximum absolute atomic E-state index is 13.5. The number of hydrogen-bond donors (Lipinski definition) is 2. The SMILES string of the molecule is O=C(Nc1cccc(SC(C(=O)Nc2ccc(Oc3ccccc3)cc2)c2ccccc2)c1)c1cccc([N+](=O)[O-])c1. The predicted molar refractivity (Wildman–Crippen MR) is 164 cm³/mol. The minimum absolute atomic E-state index is 0.165. The Morgan fingerprint density at radius 3 is 2.07 bits per heavy atom. The third kappa shape index (κ3) is 7.41. The zero-order valence-electron chi connectivity index (χ0n) is 22.2. The smallest absolute Gasteiger partial charge is 0.270 e. The van der Waals surface area contributed by atoms with Gasteiger partial charge in [-0.1, -0.05) is 60.7 Å². The van der Waals surface area contributed by atoms with Crippen molar-refractivity contribution in [1.82, 2.24) is 0 Å². The summed E-state index contributed by atoms with van der Waals surface area (Å²) >= 11 is 1.34. The Morgan fingerprint density at radius 2 is 1.36 bits per heavy atom. The largest absolute Gasteiger partial charge is 0.457 e. The summed E-state index contributed by atoms with van der Waals surface area (Å²) in [6, 6.07) is 38.7. The van der Waals surface area contributed by atoms with Gasteiger partial charge >= 0.3 is 0 Å². The summed E-state index contributed by atoms with van der Waals surface area (Å²) < 4.78 is 5.84. The van der Waals surface area contributed by atoms with Gasteiger partial charge in [0.1, 0.15) is 16.7 Å². The number of anilines is 2. The van der Waals surface area contributed by atoms with Gasteiger partial charge in [-0.25, -0.2) is 0 Å². The number of carbonyl (C=O) groups is 2. The molecule has 0 heterocycles. The Morgan fingerprint density at radius 1 is 0.690 bits per heavy atom. The molecule has 2 amide bonds. The van der Waals surface area contributed by atoms with E-state index in [0.717, 1.165) is 16.2 Å². The summed E-state index contributed by atoms with van der Waals surface area (Å²) in [4.78, 5) is 37.6. The summed E-state index contributed by atoms with van der Waals surface area (Å²) in [5, 5.41) is 16.3. The number of nitrogens with zero attached hydrogens (tertiary/aromatic N) is 1. The fraction of sp³-hybridized carbons (Fsp3) is 0.0303. The van der Waals surface area contributed by atoms with Crippen LogP contribution < -0.4 is 15.4 Å². The Labute approximate surface area is 246 Å². The number of rotatable bonds is 10. The molecular formula is C33H25N3O5S. The van der Waals surface area contributed by atoms with E-state index in [9.17, 15) is 19.7 Å². The number of non-ortho nitro benzene ring substituents is 1. The zero-order valence-corrected chi connectivity index (χ0v) is 23.0. The third-order valence-corrected chi connectivity index (χ3v) is 7.35. The van der Waals surface area contributed by atoms with Gasteiger partial charge in [0.25, 0.3) is 11.6 Å². The van der Waals surface area contributed by atoms with Gasteiger partial charge < -0.3 is 15.4 Å². The maximum Gasteiger partial charge on any atom is 0.270 e. The maximum atomic E-state index is 13.5. The molecule has 9 heteroatoms. The van der Waals surface area contributed by atoms with E-state index in [1.807, 2.05) is 66.7 Å². The number of amides is 2. The molecule has 42 heavy (non-hydrogen) atoms. The molecule has 5 rings (SSSR count). The van der Waals surface area contributed by atoms with Gasteiger partial charge in [-0.2, -0.15) is 0 Å². The average Bonchev–Trinajstić information content (AvgIpc) is 3.02. The average molecular weight is 576 g/mol. The van der Waals surface area contributed by atoms with Crippen molar-refractivity contribution in [2.24, 2.45) is 0 Å². The van der Waals surface area contributed by atoms with Crippen LogP contribution in [-0.4, -0.2) is 16.7 Å². The molecule has 0 radical (unpaired) electrons. The fourth-order valence-electron chi connectivity index (χ4n) is 4.09. The highest BCUT2D eigenvalue weighted by Crippen LogP contribution is 2.37. The lowest BCUT2D eigenvalue weighted by Gasteiger charge is -2.18. The molecule has 1 atom stereocenters. The lowest BCUT2D eigenvalue weighted by Crippen LogP contribution is -2.19. The van der Waals surface area contributed by atoms with Crippen LogP contribution in [0.5, 0.6) is 11.5 Å². The third-order valence-electron chi connectivity index (χ3n) is 6.11. The first kappa shape index (κ1) is 28.1. The molecule has 1 unspecified atom stereocenters. The highest BCUT2D eigenvalue weighted by Gasteiger charge is 2.23. The number of benzene rings is 5. The first-order valence-electron chi connectivity index (χ1n) is 13.0. The molecule has 5 aromatic carbocycles. The predicted octanol–water partition coefficient (Wildman–Crippen LogP) is 8.11. The minimum Gasteiger partial charge on any atom is -0.457 e. The van der Waals surface area contributed by atoms with E-state index in [1.165, 1.54) is 36.0 Å². The number of para-hydroxylation sites is 1. The van der Waals surface area contributed by atoms with Crippen molar-refractivity contribution in [3.05, 3.63) is 155 Å². The normalized spacial score (nSPS) is 11.2. The van der Waals surface area contributed by atoms with Gasteiger partial charge in [-0.05, 0) is 66.2 Å². The number of thioether (sulfide) groups is 1. The van der Waals surface area contributed by atoms with Crippen LogP contribution >= 0.6 is 11.8 Å². The summed E-state index contributed by atoms with van der Waals surface area (Å²) in [6.07, 6.45) is 0. The van der Waals surface area contributed by atoms with Crippen LogP contribution in [0.4, 0.5) is 17.1 Å². The van der Waals surface area contributed by atoms with Crippen molar-refractivity contribution in [3.8, 4) is 11.5 Å². The lowest BCUT2D eigenvalue weighted by atomic mass is 10.1. The Kier molecular flexibility index (Phi) is 8.91. The van der Waals surface area contributed by atoms with Crippen LogP contribution in [0.25, 0.3) is 0 Å². The summed E-state index contributed by atoms with van der Waals surface area (Å²) in [6.45, 7) is 0. The van der Waals surface area contributed by atoms with Gasteiger partial charge in [-0.15, -0.1) is 11.8 Å². The highest BCUT2D eigenvalue weighted by atomic mass is 32.2. The van der Waals surface area contributed by atoms with Crippen LogP contribution in [0.2, 0.25) is 0 Å². The molecule has 0 aromatic heterocycles. The molecular weight excluding hydrogens is 550 g/mol. The Balaban J connectivity index is 1.30. The topological polar surface area (TPSA) is 111 Å². The van der Waals surface area contributed by atoms with Crippen molar-refractivity contribution in [3.63, 3.8) is 0 Å². The zero-order chi connectivity index (χ0) is 29.3. The Hall–Kier alpha value is -5.41. The van der Waals surface area contributed by atoms with E-state index in [0.29, 0.717) is 17.1 Å². The van der Waals surface area contributed by atoms with Gasteiger partial charge in [-0.3, -0.25) is 19.7 Å². The molecule has 0 fully saturated rings. The molecule has 0 saturated carbocycles. The fourth-order valence-corrected chi connectivity index (χ4v) is 5.17. The van der Waals surface area contributed by atoms with Gasteiger partial charge in [0.05, 0.1) is 4.92 Å². The highest BCUT2D eigenvalue weighted by molar-refractivity contribution is 8.00. The molecule has 0 aliphatic heterocycles. The quantitative estimate of drug-likeness (QED) is 0.0989. The molecule has 208 valence electrons. The van der Waals surface area contributed by atoms with E-state index in [2.05, 4.69) is 10.6 Å². The second-order valence-corrected chi connectivity index (χ2v) is 10.3. The van der Waals surface area contributed by atoms with Crippen LogP contribution in [-0.2, 0) is 4.79 Å². The van der Waals surface area contributed by atoms with Crippen LogP contribution in [0.3, 0.4) is 0 Å². The molecule has 0 spiro atoms. The van der Waals surface area contributed by atoms with Gasteiger partial charge in [0, 0.05) is 34.0 Å². The first-order valence-corrected chi connectivity index (χ1v) is 13.8. The van der Waals surface area contributed by atoms with Crippen LogP contribution in [0.1, 0.15) is 21.2 Å². The molecule has 0 bridgehead atoms. The van der Waals surface area contributed by atoms with Gasteiger partial charge in [0.2, 0.25) is 5.91 Å². The molecule has 0 saturated heterocycles. The number of nitro benzene ring substituents is 1. The van der Waals surface area contributed by atoms with E-state index < -0.39 is 16.1 Å². The first-order chi connectivity index (χ1) is 20.4. The lowest BCUT2D eigenvalue weighted by molar-refractivity contribution is -0.384. The van der Waals surface area contributed by atoms with Crippen molar-refractivity contribution < 1.29 is 19.2 Å². The molecule has 5 aromatic rings. The van der Waals surface area contributed by atoms with E-state index >= 15 is 0 Å². The van der Waals surface area contributed by atoms with Crippen LogP contribution in [0.15, 0.2) is 138 Å². The summed E-state index contributed by atoms with van der Waals surface area (Å²) in [5.41, 5.74) is 1.94. The second kappa shape index (κ2) is 13.3. The van der Waals surface area contributed by atoms with Crippen LogP contribution in [0, 0.1) is 10.1 Å². The molecule has 0 aliphatic carbocycles. The molecule has 0 aliphatic rings. The van der Waals surface area contributed by atoms with Crippen molar-refractivity contribution in [2.45, 2.75) is 10.1 Å². The van der Waals surface area contributed by atoms with E-state index in [4.69, 9.17) is 4.74 Å². The number of nitro groups is 1. The Bertz CT molecular complexity index is 1700. The number of hydrogen-bond acceptors (Lipinski definition) is 6. The number of nitrogens with one attached hydrogen (secondary N) is 2. The number of ether oxygens (including phenoxy) is 1. The standard InChI is InChI=1S/C33H25N3O5S/c37-32(24-11-7-13-27(21-24)36(39)40)35-26-12-8-16-30(22-26)42-31(23-9-3-1-4-10-23)33(38)34-25-17-19-29(20-18-25)41-28-14-5-2-6-15-28/h1-22,31H,(H,34,38)(H,35,37). The second-order valence-electron chi connectivity index (χ2n) is 9.13. The van der Waals surface area contributed by atoms with Crippen molar-refractivity contribution in [1.29, 1.82) is 0 Å².